The topological polar surface area (TPSA) is 35.6 Å². The van der Waals surface area contributed by atoms with Gasteiger partial charge in [-0.1, -0.05) is 29.8 Å². The first-order chi connectivity index (χ1) is 9.63. The van der Waals surface area contributed by atoms with E-state index in [1.54, 1.807) is 0 Å². The fourth-order valence-electron chi connectivity index (χ4n) is 3.34. The van der Waals surface area contributed by atoms with Crippen LogP contribution in [0.2, 0.25) is 0 Å². The van der Waals surface area contributed by atoms with Crippen molar-refractivity contribution in [3.05, 3.63) is 35.4 Å². The van der Waals surface area contributed by atoms with Crippen LogP contribution in [0.4, 0.5) is 0 Å². The Balaban J connectivity index is 1.75. The molecular formula is C16H23N3O. The van der Waals surface area contributed by atoms with Gasteiger partial charge in [-0.05, 0) is 38.4 Å². The van der Waals surface area contributed by atoms with Crippen LogP contribution in [-0.4, -0.2) is 48.9 Å². The molecule has 1 amide bonds. The summed E-state index contributed by atoms with van der Waals surface area (Å²) in [5.41, 5.74) is 2.44. The number of aryl methyl sites for hydroxylation is 1. The molecule has 2 aliphatic rings. The summed E-state index contributed by atoms with van der Waals surface area (Å²) in [6.07, 6.45) is 1.24. The molecule has 1 N–H and O–H groups in total. The fraction of sp³-hybridized carbons (Fsp3) is 0.562. The van der Waals surface area contributed by atoms with Gasteiger partial charge in [0.05, 0.1) is 6.54 Å². The predicted molar refractivity (Wildman–Crippen MR) is 79.2 cm³/mol. The van der Waals surface area contributed by atoms with Crippen molar-refractivity contribution >= 4 is 5.91 Å². The molecule has 1 aromatic rings. The van der Waals surface area contributed by atoms with Crippen LogP contribution < -0.4 is 5.32 Å². The van der Waals surface area contributed by atoms with Gasteiger partial charge in [-0.2, -0.15) is 0 Å². The van der Waals surface area contributed by atoms with E-state index < -0.39 is 0 Å². The first-order valence-electron chi connectivity index (χ1n) is 7.41. The molecule has 0 aliphatic carbocycles. The zero-order valence-electron chi connectivity index (χ0n) is 12.3. The van der Waals surface area contributed by atoms with Gasteiger partial charge >= 0.3 is 0 Å². The lowest BCUT2D eigenvalue weighted by molar-refractivity contribution is -0.128. The third-order valence-electron chi connectivity index (χ3n) is 4.38. The minimum absolute atomic E-state index is 0.0494. The minimum Gasteiger partial charge on any atom is -0.321 e. The number of rotatable bonds is 3. The molecular weight excluding hydrogens is 250 g/mol. The van der Waals surface area contributed by atoms with Crippen LogP contribution >= 0.6 is 0 Å². The van der Waals surface area contributed by atoms with Gasteiger partial charge in [0.2, 0.25) is 5.91 Å². The Morgan fingerprint density at radius 2 is 2.25 bits per heavy atom. The Labute approximate surface area is 120 Å². The van der Waals surface area contributed by atoms with Gasteiger partial charge < -0.3 is 9.80 Å². The molecule has 2 saturated heterocycles. The molecule has 2 atom stereocenters. The molecule has 2 heterocycles. The molecule has 3 rings (SSSR count). The van der Waals surface area contributed by atoms with Crippen molar-refractivity contribution in [1.29, 1.82) is 0 Å². The maximum absolute atomic E-state index is 12.2. The molecule has 0 bridgehead atoms. The quantitative estimate of drug-likeness (QED) is 0.903. The van der Waals surface area contributed by atoms with Crippen LogP contribution in [0.1, 0.15) is 23.7 Å². The number of carbonyl (C=O) groups is 1. The molecule has 20 heavy (non-hydrogen) atoms. The molecule has 0 radical (unpaired) electrons. The van der Waals surface area contributed by atoms with Gasteiger partial charge in [0.1, 0.15) is 6.17 Å². The van der Waals surface area contributed by atoms with E-state index in [2.05, 4.69) is 48.5 Å². The highest BCUT2D eigenvalue weighted by Gasteiger charge is 2.34. The van der Waals surface area contributed by atoms with Crippen LogP contribution in [0.3, 0.4) is 0 Å². The van der Waals surface area contributed by atoms with Crippen LogP contribution in [0, 0.1) is 12.8 Å². The smallest absolute Gasteiger partial charge is 0.238 e. The molecule has 0 spiro atoms. The van der Waals surface area contributed by atoms with E-state index >= 15 is 0 Å². The summed E-state index contributed by atoms with van der Waals surface area (Å²) in [6, 6.07) is 8.44. The minimum atomic E-state index is 0.0494. The Hall–Kier alpha value is -1.39. The maximum atomic E-state index is 12.2. The summed E-state index contributed by atoms with van der Waals surface area (Å²) < 4.78 is 0. The van der Waals surface area contributed by atoms with Crippen molar-refractivity contribution in [2.75, 3.05) is 33.2 Å². The second-order valence-electron chi connectivity index (χ2n) is 6.16. The number of benzene rings is 1. The summed E-state index contributed by atoms with van der Waals surface area (Å²) in [4.78, 5) is 16.5. The predicted octanol–water partition coefficient (Wildman–Crippen LogP) is 1.38. The Morgan fingerprint density at radius 3 is 2.95 bits per heavy atom. The van der Waals surface area contributed by atoms with Gasteiger partial charge in [0, 0.05) is 13.1 Å². The fourth-order valence-corrected chi connectivity index (χ4v) is 3.34. The maximum Gasteiger partial charge on any atom is 0.238 e. The van der Waals surface area contributed by atoms with E-state index in [-0.39, 0.29) is 12.1 Å². The van der Waals surface area contributed by atoms with Crippen molar-refractivity contribution in [1.82, 2.24) is 15.1 Å². The number of carbonyl (C=O) groups excluding carboxylic acids is 1. The zero-order chi connectivity index (χ0) is 14.1. The number of amides is 1. The molecule has 0 aromatic heterocycles. The largest absolute Gasteiger partial charge is 0.321 e. The summed E-state index contributed by atoms with van der Waals surface area (Å²) in [7, 11) is 2.15. The third-order valence-corrected chi connectivity index (χ3v) is 4.38. The van der Waals surface area contributed by atoms with Gasteiger partial charge in [-0.15, -0.1) is 0 Å². The van der Waals surface area contributed by atoms with E-state index in [4.69, 9.17) is 0 Å². The van der Waals surface area contributed by atoms with E-state index in [1.165, 1.54) is 17.5 Å². The number of nitrogens with one attached hydrogen (secondary N) is 1. The van der Waals surface area contributed by atoms with E-state index in [0.29, 0.717) is 12.5 Å². The molecule has 108 valence electrons. The average molecular weight is 273 g/mol. The average Bonchev–Trinajstić information content (AvgIpc) is 2.98. The summed E-state index contributed by atoms with van der Waals surface area (Å²) in [6.45, 7) is 5.67. The van der Waals surface area contributed by atoms with E-state index in [0.717, 1.165) is 19.6 Å². The van der Waals surface area contributed by atoms with E-state index in [1.807, 2.05) is 4.90 Å². The first-order valence-corrected chi connectivity index (χ1v) is 7.41. The second kappa shape index (κ2) is 5.54. The monoisotopic (exact) mass is 273 g/mol. The first kappa shape index (κ1) is 13.6. The van der Waals surface area contributed by atoms with Crippen LogP contribution in [-0.2, 0) is 4.79 Å². The Bertz CT molecular complexity index is 502. The van der Waals surface area contributed by atoms with Crippen LogP contribution in [0.25, 0.3) is 0 Å². The SMILES string of the molecule is Cc1cccc(C2NCC(=O)N2CC2CCN(C)C2)c1. The summed E-state index contributed by atoms with van der Waals surface area (Å²) in [5.74, 6) is 0.835. The molecule has 4 heteroatoms. The zero-order valence-corrected chi connectivity index (χ0v) is 12.3. The summed E-state index contributed by atoms with van der Waals surface area (Å²) in [5, 5.41) is 3.35. The van der Waals surface area contributed by atoms with Crippen molar-refractivity contribution in [2.24, 2.45) is 5.92 Å². The van der Waals surface area contributed by atoms with Crippen molar-refractivity contribution in [3.8, 4) is 0 Å². The lowest BCUT2D eigenvalue weighted by Crippen LogP contribution is -2.35. The van der Waals surface area contributed by atoms with Crippen LogP contribution in [0.15, 0.2) is 24.3 Å². The number of nitrogens with zero attached hydrogens (tertiary/aromatic N) is 2. The van der Waals surface area contributed by atoms with Gasteiger partial charge in [0.25, 0.3) is 0 Å². The standard InChI is InChI=1S/C16H23N3O/c1-12-4-3-5-14(8-12)16-17-9-15(20)19(16)11-13-6-7-18(2)10-13/h3-5,8,13,16-17H,6-7,9-11H2,1-2H3. The highest BCUT2D eigenvalue weighted by Crippen LogP contribution is 2.26. The van der Waals surface area contributed by atoms with Gasteiger partial charge in [0.15, 0.2) is 0 Å². The number of hydrogen-bond acceptors (Lipinski definition) is 3. The Kier molecular flexibility index (Phi) is 3.76. The van der Waals surface area contributed by atoms with Gasteiger partial charge in [-0.3, -0.25) is 10.1 Å². The lowest BCUT2D eigenvalue weighted by atomic mass is 10.1. The van der Waals surface area contributed by atoms with Crippen molar-refractivity contribution in [3.63, 3.8) is 0 Å². The van der Waals surface area contributed by atoms with Crippen molar-refractivity contribution in [2.45, 2.75) is 19.5 Å². The molecule has 2 fully saturated rings. The number of likely N-dealkylation sites (tertiary alicyclic amines) is 1. The summed E-state index contributed by atoms with van der Waals surface area (Å²) >= 11 is 0. The number of hydrogen-bond donors (Lipinski definition) is 1. The highest BCUT2D eigenvalue weighted by molar-refractivity contribution is 5.81. The normalized spacial score (nSPS) is 27.5. The van der Waals surface area contributed by atoms with Gasteiger partial charge in [-0.25, -0.2) is 0 Å². The molecule has 2 unspecified atom stereocenters. The molecule has 2 aliphatic heterocycles. The Morgan fingerprint density at radius 1 is 1.40 bits per heavy atom. The van der Waals surface area contributed by atoms with Crippen LogP contribution in [0.5, 0.6) is 0 Å². The molecule has 1 aromatic carbocycles. The molecule has 4 nitrogen and oxygen atoms in total. The van der Waals surface area contributed by atoms with Crippen molar-refractivity contribution < 1.29 is 4.79 Å². The lowest BCUT2D eigenvalue weighted by Gasteiger charge is -2.27. The third kappa shape index (κ3) is 2.72. The van der Waals surface area contributed by atoms with E-state index in [9.17, 15) is 4.79 Å². The second-order valence-corrected chi connectivity index (χ2v) is 6.16. The highest BCUT2D eigenvalue weighted by atomic mass is 16.2. The molecule has 0 saturated carbocycles.